The largest absolute Gasteiger partial charge is 0.340 e. The second-order valence-electron chi connectivity index (χ2n) is 5.85. The van der Waals surface area contributed by atoms with Gasteiger partial charge in [-0.15, -0.1) is 0 Å². The Hall–Kier alpha value is -1.55. The first-order chi connectivity index (χ1) is 9.41. The van der Waals surface area contributed by atoms with Crippen LogP contribution in [0, 0.1) is 12.8 Å². The highest BCUT2D eigenvalue weighted by Gasteiger charge is 2.52. The number of hydrogen-bond donors (Lipinski definition) is 1. The number of halogens is 1. The summed E-state index contributed by atoms with van der Waals surface area (Å²) in [4.78, 5) is 26.2. The summed E-state index contributed by atoms with van der Waals surface area (Å²) in [5.41, 5.74) is 0.869. The minimum absolute atomic E-state index is 0.0421. The van der Waals surface area contributed by atoms with Crippen molar-refractivity contribution in [1.29, 1.82) is 0 Å². The lowest BCUT2D eigenvalue weighted by Crippen LogP contribution is -2.66. The highest BCUT2D eigenvalue weighted by Crippen LogP contribution is 2.42. The summed E-state index contributed by atoms with van der Waals surface area (Å²) in [6.45, 7) is 3.79. The average molecular weight is 293 g/mol. The normalized spacial score (nSPS) is 26.6. The lowest BCUT2D eigenvalue weighted by atomic mass is 9.91. The predicted octanol–water partition coefficient (Wildman–Crippen LogP) is 2.28. The van der Waals surface area contributed by atoms with Gasteiger partial charge in [0.2, 0.25) is 5.91 Å². The highest BCUT2D eigenvalue weighted by molar-refractivity contribution is 6.31. The molecule has 1 unspecified atom stereocenters. The molecule has 106 valence electrons. The molecule has 5 heteroatoms. The fraction of sp³-hybridized carbons (Fsp3) is 0.467. The first-order valence-electron chi connectivity index (χ1n) is 6.81. The third-order valence-corrected chi connectivity index (χ3v) is 4.66. The molecule has 20 heavy (non-hydrogen) atoms. The Labute approximate surface area is 123 Å². The molecule has 0 radical (unpaired) electrons. The van der Waals surface area contributed by atoms with Gasteiger partial charge >= 0.3 is 0 Å². The topological polar surface area (TPSA) is 49.4 Å². The Kier molecular flexibility index (Phi) is 3.01. The molecule has 2 amide bonds. The Morgan fingerprint density at radius 2 is 2.05 bits per heavy atom. The van der Waals surface area contributed by atoms with Gasteiger partial charge < -0.3 is 10.2 Å². The molecule has 0 aromatic heterocycles. The number of piperazine rings is 1. The molecule has 3 rings (SSSR count). The molecule has 1 saturated heterocycles. The first-order valence-corrected chi connectivity index (χ1v) is 7.19. The molecule has 1 atom stereocenters. The van der Waals surface area contributed by atoms with Crippen LogP contribution in [0.5, 0.6) is 0 Å². The standard InChI is InChI=1S/C15H17ClN2O2/c1-9-3-6-11(7-12(9)16)18-8-13(19)17-15(2,14(18)20)10-4-5-10/h3,6-7,10H,4-5,8H2,1-2H3,(H,17,19). The summed E-state index contributed by atoms with van der Waals surface area (Å²) < 4.78 is 0. The van der Waals surface area contributed by atoms with E-state index in [2.05, 4.69) is 5.32 Å². The Morgan fingerprint density at radius 1 is 1.35 bits per heavy atom. The fourth-order valence-electron chi connectivity index (χ4n) is 2.77. The molecule has 1 saturated carbocycles. The van der Waals surface area contributed by atoms with Crippen LogP contribution in [-0.4, -0.2) is 23.9 Å². The maximum atomic E-state index is 12.7. The smallest absolute Gasteiger partial charge is 0.253 e. The van der Waals surface area contributed by atoms with E-state index in [4.69, 9.17) is 11.6 Å². The molecule has 0 spiro atoms. The predicted molar refractivity (Wildman–Crippen MR) is 77.8 cm³/mol. The molecule has 2 aliphatic rings. The molecule has 1 aromatic carbocycles. The maximum absolute atomic E-state index is 12.7. The molecule has 0 bridgehead atoms. The van der Waals surface area contributed by atoms with Crippen molar-refractivity contribution in [3.05, 3.63) is 28.8 Å². The van der Waals surface area contributed by atoms with Gasteiger partial charge in [-0.2, -0.15) is 0 Å². The number of anilines is 1. The molecule has 4 nitrogen and oxygen atoms in total. The van der Waals surface area contributed by atoms with Crippen molar-refractivity contribution in [2.24, 2.45) is 5.92 Å². The lowest BCUT2D eigenvalue weighted by Gasteiger charge is -2.40. The van der Waals surface area contributed by atoms with Crippen LogP contribution < -0.4 is 10.2 Å². The average Bonchev–Trinajstić information content (AvgIpc) is 3.22. The van der Waals surface area contributed by atoms with Crippen molar-refractivity contribution in [3.8, 4) is 0 Å². The van der Waals surface area contributed by atoms with Crippen molar-refractivity contribution in [2.75, 3.05) is 11.4 Å². The minimum Gasteiger partial charge on any atom is -0.340 e. The number of benzene rings is 1. The van der Waals surface area contributed by atoms with Gasteiger partial charge in [-0.3, -0.25) is 9.59 Å². The van der Waals surface area contributed by atoms with Crippen LogP contribution in [0.3, 0.4) is 0 Å². The highest BCUT2D eigenvalue weighted by atomic mass is 35.5. The monoisotopic (exact) mass is 292 g/mol. The Morgan fingerprint density at radius 3 is 2.65 bits per heavy atom. The number of nitrogens with zero attached hydrogens (tertiary/aromatic N) is 1. The van der Waals surface area contributed by atoms with E-state index in [0.717, 1.165) is 18.4 Å². The molecule has 1 aliphatic carbocycles. The number of aryl methyl sites for hydroxylation is 1. The summed E-state index contributed by atoms with van der Waals surface area (Å²) in [6.07, 6.45) is 1.98. The molecule has 1 N–H and O–H groups in total. The molecule has 1 aromatic rings. The van der Waals surface area contributed by atoms with Crippen molar-refractivity contribution in [2.45, 2.75) is 32.2 Å². The summed E-state index contributed by atoms with van der Waals surface area (Å²) in [7, 11) is 0. The van der Waals surface area contributed by atoms with Crippen molar-refractivity contribution < 1.29 is 9.59 Å². The second kappa shape index (κ2) is 4.48. The molecular formula is C15H17ClN2O2. The van der Waals surface area contributed by atoms with Gasteiger partial charge in [0.15, 0.2) is 0 Å². The van der Waals surface area contributed by atoms with Crippen molar-refractivity contribution >= 4 is 29.1 Å². The van der Waals surface area contributed by atoms with Gasteiger partial charge in [0.1, 0.15) is 12.1 Å². The van der Waals surface area contributed by atoms with Crippen LogP contribution in [0.15, 0.2) is 18.2 Å². The molecule has 2 fully saturated rings. The van der Waals surface area contributed by atoms with E-state index < -0.39 is 5.54 Å². The van der Waals surface area contributed by atoms with Crippen molar-refractivity contribution in [3.63, 3.8) is 0 Å². The van der Waals surface area contributed by atoms with E-state index in [9.17, 15) is 9.59 Å². The van der Waals surface area contributed by atoms with E-state index in [1.165, 1.54) is 0 Å². The van der Waals surface area contributed by atoms with Gasteiger partial charge in [0.05, 0.1) is 0 Å². The van der Waals surface area contributed by atoms with E-state index >= 15 is 0 Å². The number of amides is 2. The number of carbonyl (C=O) groups excluding carboxylic acids is 2. The van der Waals surface area contributed by atoms with E-state index in [0.29, 0.717) is 10.7 Å². The summed E-state index contributed by atoms with van der Waals surface area (Å²) in [5.74, 6) is 0.0953. The zero-order chi connectivity index (χ0) is 14.5. The van der Waals surface area contributed by atoms with E-state index in [1.54, 1.807) is 11.0 Å². The molecule has 1 heterocycles. The zero-order valence-electron chi connectivity index (χ0n) is 11.6. The second-order valence-corrected chi connectivity index (χ2v) is 6.26. The van der Waals surface area contributed by atoms with Crippen molar-refractivity contribution in [1.82, 2.24) is 5.32 Å². The van der Waals surface area contributed by atoms with Crippen LogP contribution in [0.1, 0.15) is 25.3 Å². The minimum atomic E-state index is -0.771. The number of rotatable bonds is 2. The van der Waals surface area contributed by atoms with Crippen LogP contribution >= 0.6 is 11.6 Å². The SMILES string of the molecule is Cc1ccc(N2CC(=O)NC(C)(C3CC3)C2=O)cc1Cl. The summed E-state index contributed by atoms with van der Waals surface area (Å²) in [5, 5.41) is 3.47. The number of carbonyl (C=O) groups is 2. The van der Waals surface area contributed by atoms with E-state index in [-0.39, 0.29) is 24.3 Å². The Balaban J connectivity index is 1.97. The third-order valence-electron chi connectivity index (χ3n) is 4.25. The number of nitrogens with one attached hydrogen (secondary N) is 1. The van der Waals surface area contributed by atoms with Crippen LogP contribution in [0.4, 0.5) is 5.69 Å². The van der Waals surface area contributed by atoms with E-state index in [1.807, 2.05) is 26.0 Å². The van der Waals surface area contributed by atoms with Gasteiger partial charge in [0, 0.05) is 10.7 Å². The van der Waals surface area contributed by atoms with Crippen LogP contribution in [0.25, 0.3) is 0 Å². The quantitative estimate of drug-likeness (QED) is 0.909. The molecule has 1 aliphatic heterocycles. The van der Waals surface area contributed by atoms with Crippen LogP contribution in [0.2, 0.25) is 5.02 Å². The zero-order valence-corrected chi connectivity index (χ0v) is 12.3. The van der Waals surface area contributed by atoms with Gasteiger partial charge in [-0.05, 0) is 50.3 Å². The van der Waals surface area contributed by atoms with Gasteiger partial charge in [0.25, 0.3) is 5.91 Å². The summed E-state index contributed by atoms with van der Waals surface area (Å²) >= 11 is 6.12. The first kappa shape index (κ1) is 13.4. The van der Waals surface area contributed by atoms with Gasteiger partial charge in [-0.25, -0.2) is 0 Å². The molecular weight excluding hydrogens is 276 g/mol. The fourth-order valence-corrected chi connectivity index (χ4v) is 2.95. The Bertz CT molecular complexity index is 598. The third kappa shape index (κ3) is 2.08. The number of hydrogen-bond acceptors (Lipinski definition) is 2. The van der Waals surface area contributed by atoms with Gasteiger partial charge in [-0.1, -0.05) is 17.7 Å². The lowest BCUT2D eigenvalue weighted by molar-refractivity contribution is -0.136. The maximum Gasteiger partial charge on any atom is 0.253 e. The summed E-state index contributed by atoms with van der Waals surface area (Å²) in [6, 6.07) is 5.46. The van der Waals surface area contributed by atoms with Crippen LogP contribution in [-0.2, 0) is 9.59 Å².